The minimum Gasteiger partial charge on any atom is -0.383 e. The molecule has 0 heterocycles. The zero-order valence-corrected chi connectivity index (χ0v) is 29.7. The minimum absolute atomic E-state index is 0.122. The number of hydrogen-bond donors (Lipinski definition) is 1. The molecule has 0 bridgehead atoms. The van der Waals surface area contributed by atoms with Gasteiger partial charge in [-0.1, -0.05) is 173 Å². The van der Waals surface area contributed by atoms with Gasteiger partial charge in [0.1, 0.15) is 5.84 Å². The summed E-state index contributed by atoms with van der Waals surface area (Å²) in [5.41, 5.74) is 16.7. The van der Waals surface area contributed by atoms with Crippen LogP contribution in [0.1, 0.15) is 80.8 Å². The normalized spacial score (nSPS) is 13.3. The molecule has 248 valence electrons. The van der Waals surface area contributed by atoms with Gasteiger partial charge in [0.15, 0.2) is 5.84 Å². The van der Waals surface area contributed by atoms with Gasteiger partial charge < -0.3 is 5.73 Å². The van der Waals surface area contributed by atoms with Crippen molar-refractivity contribution >= 4 is 28.5 Å². The maximum atomic E-state index is 6.39. The second kappa shape index (κ2) is 17.6. The summed E-state index contributed by atoms with van der Waals surface area (Å²) in [5.74, 6) is 0.788. The Hall–Kier alpha value is -5.54. The monoisotopic (exact) mass is 643 g/mol. The number of aliphatic imine (C=N–C) groups is 2. The molecule has 0 atom stereocenters. The van der Waals surface area contributed by atoms with Gasteiger partial charge in [0.05, 0.1) is 5.70 Å². The van der Waals surface area contributed by atoms with Crippen LogP contribution in [-0.2, 0) is 5.41 Å². The van der Waals surface area contributed by atoms with Gasteiger partial charge >= 0.3 is 0 Å². The Morgan fingerprint density at radius 3 is 1.71 bits per heavy atom. The number of amidine groups is 2. The number of rotatable bonds is 13. The molecular weight excluding hydrogens is 595 g/mol. The summed E-state index contributed by atoms with van der Waals surface area (Å²) in [6, 6.07) is 37.9. The average Bonchev–Trinajstić information content (AvgIpc) is 3.15. The molecule has 2 N–H and O–H groups in total. The van der Waals surface area contributed by atoms with Crippen LogP contribution in [0.4, 0.5) is 0 Å². The quantitative estimate of drug-likeness (QED) is 0.0879. The lowest BCUT2D eigenvalue weighted by molar-refractivity contribution is 0.478. The van der Waals surface area contributed by atoms with Crippen molar-refractivity contribution in [1.29, 1.82) is 0 Å². The molecule has 0 unspecified atom stereocenters. The highest BCUT2D eigenvalue weighted by molar-refractivity contribution is 6.12. The molecule has 4 aromatic rings. The zero-order valence-electron chi connectivity index (χ0n) is 29.7. The third-order valence-electron chi connectivity index (χ3n) is 9.09. The third kappa shape index (κ3) is 9.09. The predicted molar refractivity (Wildman–Crippen MR) is 215 cm³/mol. The van der Waals surface area contributed by atoms with Crippen LogP contribution in [0.2, 0.25) is 0 Å². The molecule has 49 heavy (non-hydrogen) atoms. The van der Waals surface area contributed by atoms with E-state index in [1.165, 1.54) is 33.4 Å². The lowest BCUT2D eigenvalue weighted by Crippen LogP contribution is -2.26. The molecule has 0 aliphatic heterocycles. The topological polar surface area (TPSA) is 50.7 Å². The van der Waals surface area contributed by atoms with Gasteiger partial charge in [-0.2, -0.15) is 0 Å². The van der Waals surface area contributed by atoms with Crippen molar-refractivity contribution in [3.05, 3.63) is 198 Å². The van der Waals surface area contributed by atoms with Crippen LogP contribution in [-0.4, -0.2) is 11.7 Å². The van der Waals surface area contributed by atoms with Crippen LogP contribution >= 0.6 is 0 Å². The van der Waals surface area contributed by atoms with Crippen molar-refractivity contribution in [1.82, 2.24) is 0 Å². The fourth-order valence-corrected chi connectivity index (χ4v) is 6.05. The molecular formula is C46H49N3. The van der Waals surface area contributed by atoms with Crippen LogP contribution in [0.3, 0.4) is 0 Å². The van der Waals surface area contributed by atoms with Gasteiger partial charge in [-0.15, -0.1) is 0 Å². The molecule has 3 heteroatoms. The molecule has 4 rings (SSSR count). The van der Waals surface area contributed by atoms with E-state index in [9.17, 15) is 0 Å². The average molecular weight is 644 g/mol. The molecule has 0 amide bonds. The second-order valence-electron chi connectivity index (χ2n) is 12.0. The van der Waals surface area contributed by atoms with E-state index >= 15 is 0 Å². The maximum Gasteiger partial charge on any atom is 0.161 e. The highest BCUT2D eigenvalue weighted by atomic mass is 15.0. The van der Waals surface area contributed by atoms with Crippen molar-refractivity contribution in [2.75, 3.05) is 0 Å². The maximum absolute atomic E-state index is 6.39. The Morgan fingerprint density at radius 2 is 1.20 bits per heavy atom. The summed E-state index contributed by atoms with van der Waals surface area (Å²) in [7, 11) is 0. The van der Waals surface area contributed by atoms with E-state index in [4.69, 9.17) is 10.7 Å². The molecule has 0 aliphatic carbocycles. The summed E-state index contributed by atoms with van der Waals surface area (Å²) in [6.45, 7) is 19.3. The Balaban J connectivity index is 1.62. The highest BCUT2D eigenvalue weighted by Crippen LogP contribution is 2.40. The van der Waals surface area contributed by atoms with Crippen LogP contribution < -0.4 is 5.73 Å². The van der Waals surface area contributed by atoms with E-state index in [0.717, 1.165) is 24.0 Å². The largest absolute Gasteiger partial charge is 0.383 e. The summed E-state index contributed by atoms with van der Waals surface area (Å²) >= 11 is 0. The van der Waals surface area contributed by atoms with Crippen molar-refractivity contribution in [3.63, 3.8) is 0 Å². The molecule has 0 radical (unpaired) electrons. The number of nitrogens with two attached hydrogens (primary N) is 1. The van der Waals surface area contributed by atoms with Crippen molar-refractivity contribution in [2.45, 2.75) is 52.9 Å². The van der Waals surface area contributed by atoms with Gasteiger partial charge in [-0.05, 0) is 72.6 Å². The Labute approximate surface area is 294 Å². The van der Waals surface area contributed by atoms with Gasteiger partial charge in [0.25, 0.3) is 0 Å². The fraction of sp³-hybridized carbons (Fsp3) is 0.174. The first-order valence-electron chi connectivity index (χ1n) is 17.0. The van der Waals surface area contributed by atoms with E-state index in [1.54, 1.807) is 0 Å². The van der Waals surface area contributed by atoms with Crippen molar-refractivity contribution in [3.8, 4) is 0 Å². The van der Waals surface area contributed by atoms with Gasteiger partial charge in [-0.25, -0.2) is 9.98 Å². The number of hydrogen-bond acceptors (Lipinski definition) is 1. The van der Waals surface area contributed by atoms with E-state index in [-0.39, 0.29) is 5.41 Å². The number of allylic oxidation sites excluding steroid dienone is 7. The van der Waals surface area contributed by atoms with E-state index < -0.39 is 0 Å². The summed E-state index contributed by atoms with van der Waals surface area (Å²) in [5, 5.41) is 0. The molecule has 0 saturated heterocycles. The minimum atomic E-state index is -0.122. The Kier molecular flexibility index (Phi) is 13.0. The van der Waals surface area contributed by atoms with Crippen LogP contribution in [0.15, 0.2) is 174 Å². The molecule has 0 aromatic heterocycles. The molecule has 4 aromatic carbocycles. The Morgan fingerprint density at radius 1 is 0.673 bits per heavy atom. The van der Waals surface area contributed by atoms with Gasteiger partial charge in [-0.3, -0.25) is 0 Å². The highest BCUT2D eigenvalue weighted by Gasteiger charge is 2.30. The first-order valence-corrected chi connectivity index (χ1v) is 17.0. The van der Waals surface area contributed by atoms with Gasteiger partial charge in [0.2, 0.25) is 0 Å². The van der Waals surface area contributed by atoms with Gasteiger partial charge in [0, 0.05) is 16.6 Å². The summed E-state index contributed by atoms with van der Waals surface area (Å²) < 4.78 is 0. The number of benzene rings is 4. The fourth-order valence-electron chi connectivity index (χ4n) is 6.05. The number of nitrogens with zero attached hydrogens (tertiary/aromatic N) is 2. The molecule has 0 fully saturated rings. The summed E-state index contributed by atoms with van der Waals surface area (Å²) in [4.78, 5) is 9.49. The summed E-state index contributed by atoms with van der Waals surface area (Å²) in [6.07, 6.45) is 14.1. The van der Waals surface area contributed by atoms with E-state index in [1.807, 2.05) is 61.6 Å². The first-order chi connectivity index (χ1) is 23.8. The molecule has 0 spiro atoms. The van der Waals surface area contributed by atoms with Crippen molar-refractivity contribution in [2.24, 2.45) is 15.7 Å². The van der Waals surface area contributed by atoms with Crippen LogP contribution in [0.5, 0.6) is 0 Å². The zero-order chi connectivity index (χ0) is 35.2. The lowest BCUT2D eigenvalue weighted by atomic mass is 9.70. The van der Waals surface area contributed by atoms with Crippen molar-refractivity contribution < 1.29 is 0 Å². The molecule has 3 nitrogen and oxygen atoms in total. The van der Waals surface area contributed by atoms with E-state index in [2.05, 4.69) is 137 Å². The third-order valence-corrected chi connectivity index (χ3v) is 9.09. The standard InChI is InChI=1S/C46H49N3/c1-8-12-15-20-34(5)45(49-44(47)41-23-18-14-19-24-41)48-36(7)39-27-31-43(32-28-39)46(10-3,11-4)42-29-25-38(26-30-42)35(6)33-37(9-2)40-21-16-13-17-22-40/h8-9,12-33H,5,7,10-11H2,1-4,6H3,(H2,47,48,49)/b12-8-,20-15-,35-33+,37-9+. The SMILES string of the molecule is C=C(/C=C\C=C/C)C(=N/C(=C)c1ccc(C(CC)(CC)c2ccc(/C(C)=C/C(=C\C)c3ccccc3)cc2)cc1)/N=C(\N)c1ccccc1. The van der Waals surface area contributed by atoms with Crippen LogP contribution in [0.25, 0.3) is 16.8 Å². The smallest absolute Gasteiger partial charge is 0.161 e. The second-order valence-corrected chi connectivity index (χ2v) is 12.0. The molecule has 0 aliphatic rings. The Bertz CT molecular complexity index is 1890. The molecule has 0 saturated carbocycles. The van der Waals surface area contributed by atoms with E-state index in [0.29, 0.717) is 22.9 Å². The van der Waals surface area contributed by atoms with Crippen LogP contribution in [0, 0.1) is 0 Å². The first kappa shape index (κ1) is 36.3. The lowest BCUT2D eigenvalue weighted by Gasteiger charge is -2.33. The predicted octanol–water partition coefficient (Wildman–Crippen LogP) is 11.8.